The highest BCUT2D eigenvalue weighted by atomic mass is 19.1. The summed E-state index contributed by atoms with van der Waals surface area (Å²) in [5.41, 5.74) is 3.03. The summed E-state index contributed by atoms with van der Waals surface area (Å²) in [6, 6.07) is 7.27. The molecule has 178 valence electrons. The van der Waals surface area contributed by atoms with Gasteiger partial charge in [-0.15, -0.1) is 0 Å². The normalized spacial score (nSPS) is 19.6. The summed E-state index contributed by atoms with van der Waals surface area (Å²) in [4.78, 5) is 16.5. The third-order valence-electron chi connectivity index (χ3n) is 6.42. The number of ether oxygens (including phenoxy) is 2. The van der Waals surface area contributed by atoms with Gasteiger partial charge in [0.05, 0.1) is 44.0 Å². The summed E-state index contributed by atoms with van der Waals surface area (Å²) in [7, 11) is 3.17. The van der Waals surface area contributed by atoms with Crippen LogP contribution in [0.4, 0.5) is 21.6 Å². The second kappa shape index (κ2) is 9.32. The molecule has 5 rings (SSSR count). The first kappa shape index (κ1) is 22.2. The van der Waals surface area contributed by atoms with Gasteiger partial charge in [0.15, 0.2) is 5.75 Å². The number of carbonyl (C=O) groups excluding carboxylic acids is 1. The number of hydrogen-bond donors (Lipinski definition) is 2. The Morgan fingerprint density at radius 2 is 1.97 bits per heavy atom. The number of carbonyl (C=O) groups is 1. The Morgan fingerprint density at radius 1 is 1.12 bits per heavy atom. The number of halogens is 1. The molecule has 2 aliphatic rings. The van der Waals surface area contributed by atoms with Crippen LogP contribution in [0.25, 0.3) is 11.1 Å². The third kappa shape index (κ3) is 4.42. The lowest BCUT2D eigenvalue weighted by atomic mass is 10.1. The van der Waals surface area contributed by atoms with Gasteiger partial charge in [0.1, 0.15) is 17.7 Å². The Hall–Kier alpha value is -3.62. The number of nitrogens with zero attached hydrogens (tertiary/aromatic N) is 3. The van der Waals surface area contributed by atoms with Crippen molar-refractivity contribution in [3.05, 3.63) is 42.9 Å². The van der Waals surface area contributed by atoms with Crippen LogP contribution < -0.4 is 20.1 Å². The van der Waals surface area contributed by atoms with E-state index in [9.17, 15) is 9.18 Å². The minimum Gasteiger partial charge on any atom is -0.494 e. The van der Waals surface area contributed by atoms with E-state index in [1.807, 2.05) is 24.4 Å². The van der Waals surface area contributed by atoms with E-state index < -0.39 is 6.17 Å². The zero-order valence-electron chi connectivity index (χ0n) is 19.3. The summed E-state index contributed by atoms with van der Waals surface area (Å²) in [5, 5.41) is 10.6. The average Bonchev–Trinajstić information content (AvgIpc) is 3.44. The molecular weight excluding hydrogens is 437 g/mol. The van der Waals surface area contributed by atoms with Crippen LogP contribution in [0.3, 0.4) is 0 Å². The largest absolute Gasteiger partial charge is 0.494 e. The second-order valence-electron chi connectivity index (χ2n) is 8.77. The van der Waals surface area contributed by atoms with Crippen molar-refractivity contribution in [2.75, 3.05) is 24.9 Å². The van der Waals surface area contributed by atoms with Gasteiger partial charge in [0.25, 0.3) is 0 Å². The van der Waals surface area contributed by atoms with Crippen LogP contribution in [-0.4, -0.2) is 41.1 Å². The van der Waals surface area contributed by atoms with Crippen molar-refractivity contribution in [3.63, 3.8) is 0 Å². The molecule has 0 bridgehead atoms. The monoisotopic (exact) mass is 465 g/mol. The number of para-hydroxylation sites is 1. The van der Waals surface area contributed by atoms with Crippen LogP contribution in [0.1, 0.15) is 38.1 Å². The van der Waals surface area contributed by atoms with Crippen molar-refractivity contribution in [3.8, 4) is 22.6 Å². The van der Waals surface area contributed by atoms with Gasteiger partial charge in [0, 0.05) is 29.3 Å². The van der Waals surface area contributed by atoms with E-state index in [0.717, 1.165) is 36.8 Å². The maximum Gasteiger partial charge on any atom is 0.228 e. The van der Waals surface area contributed by atoms with Crippen molar-refractivity contribution in [1.29, 1.82) is 0 Å². The predicted molar refractivity (Wildman–Crippen MR) is 127 cm³/mol. The molecule has 0 aliphatic heterocycles. The lowest BCUT2D eigenvalue weighted by Crippen LogP contribution is -2.14. The van der Waals surface area contributed by atoms with Crippen molar-refractivity contribution in [2.45, 2.75) is 44.3 Å². The van der Waals surface area contributed by atoms with E-state index in [4.69, 9.17) is 9.47 Å². The number of hydrogen-bond acceptors (Lipinski definition) is 6. The van der Waals surface area contributed by atoms with Crippen LogP contribution >= 0.6 is 0 Å². The van der Waals surface area contributed by atoms with Gasteiger partial charge in [-0.3, -0.25) is 9.48 Å². The molecule has 2 N–H and O–H groups in total. The van der Waals surface area contributed by atoms with Crippen LogP contribution in [0.15, 0.2) is 42.9 Å². The van der Waals surface area contributed by atoms with Gasteiger partial charge >= 0.3 is 0 Å². The molecule has 0 spiro atoms. The summed E-state index contributed by atoms with van der Waals surface area (Å²) < 4.78 is 27.2. The molecule has 2 aromatic heterocycles. The maximum absolute atomic E-state index is 14.2. The van der Waals surface area contributed by atoms with Gasteiger partial charge in [-0.25, -0.2) is 9.37 Å². The molecular formula is C25H28FN5O3. The minimum absolute atomic E-state index is 0.0158. The number of alkyl halides is 1. The van der Waals surface area contributed by atoms with E-state index in [-0.39, 0.29) is 17.9 Å². The number of aromatic nitrogens is 3. The highest BCUT2D eigenvalue weighted by molar-refractivity contribution is 5.94. The molecule has 0 radical (unpaired) electrons. The fourth-order valence-corrected chi connectivity index (χ4v) is 4.42. The average molecular weight is 466 g/mol. The van der Waals surface area contributed by atoms with Gasteiger partial charge < -0.3 is 20.1 Å². The minimum atomic E-state index is -0.864. The molecule has 2 saturated carbocycles. The number of nitrogens with one attached hydrogen (secondary N) is 2. The zero-order valence-corrected chi connectivity index (χ0v) is 19.3. The fourth-order valence-electron chi connectivity index (χ4n) is 4.42. The van der Waals surface area contributed by atoms with Gasteiger partial charge in [-0.05, 0) is 38.2 Å². The molecule has 3 aromatic rings. The van der Waals surface area contributed by atoms with Crippen LogP contribution in [0, 0.1) is 5.92 Å². The van der Waals surface area contributed by atoms with E-state index in [1.54, 1.807) is 37.4 Å². The third-order valence-corrected chi connectivity index (χ3v) is 6.42. The Bertz CT molecular complexity index is 1190. The van der Waals surface area contributed by atoms with Crippen LogP contribution in [-0.2, 0) is 4.79 Å². The standard InChI is InChI=1S/C25H28FN5O3/c1-33-22-13-27-23(30-25(32)15-9-10-15)11-20(22)29-19-7-3-5-17(24(19)34-2)16-12-28-31(14-16)21-8-4-6-18(21)26/h3,5,7,11-15,18,21H,4,6,8-10H2,1-2H3,(H2,27,29,30,32)/t18-,21+/m1/s1. The first-order chi connectivity index (χ1) is 16.6. The first-order valence-corrected chi connectivity index (χ1v) is 11.5. The lowest BCUT2D eigenvalue weighted by molar-refractivity contribution is -0.117. The number of methoxy groups -OCH3 is 2. The molecule has 0 saturated heterocycles. The van der Waals surface area contributed by atoms with Gasteiger partial charge in [0.2, 0.25) is 5.91 Å². The molecule has 0 unspecified atom stereocenters. The molecule has 2 heterocycles. The number of amides is 1. The van der Waals surface area contributed by atoms with Crippen LogP contribution in [0.5, 0.6) is 11.5 Å². The van der Waals surface area contributed by atoms with E-state index >= 15 is 0 Å². The molecule has 34 heavy (non-hydrogen) atoms. The molecule has 8 nitrogen and oxygen atoms in total. The molecule has 9 heteroatoms. The number of pyridine rings is 1. The van der Waals surface area contributed by atoms with E-state index in [1.165, 1.54) is 0 Å². The highest BCUT2D eigenvalue weighted by Crippen LogP contribution is 2.41. The van der Waals surface area contributed by atoms with Crippen LogP contribution in [0.2, 0.25) is 0 Å². The quantitative estimate of drug-likeness (QED) is 0.480. The number of rotatable bonds is 8. The molecule has 2 atom stereocenters. The smallest absolute Gasteiger partial charge is 0.228 e. The van der Waals surface area contributed by atoms with E-state index in [0.29, 0.717) is 35.1 Å². The van der Waals surface area contributed by atoms with Gasteiger partial charge in [-0.2, -0.15) is 5.10 Å². The lowest BCUT2D eigenvalue weighted by Gasteiger charge is -2.17. The van der Waals surface area contributed by atoms with E-state index in [2.05, 4.69) is 20.7 Å². The zero-order chi connectivity index (χ0) is 23.7. The SMILES string of the molecule is COc1cnc(NC(=O)C2CC2)cc1Nc1cccc(-c2cnn([C@H]3CCC[C@H]3F)c2)c1OC. The predicted octanol–water partition coefficient (Wildman–Crippen LogP) is 5.12. The van der Waals surface area contributed by atoms with Gasteiger partial charge in [-0.1, -0.05) is 12.1 Å². The molecule has 2 aliphatic carbocycles. The summed E-state index contributed by atoms with van der Waals surface area (Å²) in [6.45, 7) is 0. The molecule has 2 fully saturated rings. The highest BCUT2D eigenvalue weighted by Gasteiger charge is 2.30. The van der Waals surface area contributed by atoms with Crippen molar-refractivity contribution >= 4 is 23.1 Å². The first-order valence-electron chi connectivity index (χ1n) is 11.5. The summed E-state index contributed by atoms with van der Waals surface area (Å²) >= 11 is 0. The Labute approximate surface area is 197 Å². The Morgan fingerprint density at radius 3 is 2.68 bits per heavy atom. The topological polar surface area (TPSA) is 90.3 Å². The second-order valence-corrected chi connectivity index (χ2v) is 8.77. The fraction of sp³-hybridized carbons (Fsp3) is 0.400. The summed E-state index contributed by atoms with van der Waals surface area (Å²) in [5.74, 6) is 1.66. The molecule has 1 aromatic carbocycles. The number of anilines is 3. The van der Waals surface area contributed by atoms with Crippen molar-refractivity contribution < 1.29 is 18.7 Å². The summed E-state index contributed by atoms with van der Waals surface area (Å²) in [6.07, 6.45) is 8.41. The maximum atomic E-state index is 14.2. The Kier molecular flexibility index (Phi) is 6.08. The number of benzene rings is 1. The molecule has 1 amide bonds. The Balaban J connectivity index is 1.43. The van der Waals surface area contributed by atoms with Crippen molar-refractivity contribution in [1.82, 2.24) is 14.8 Å². The van der Waals surface area contributed by atoms with Crippen molar-refractivity contribution in [2.24, 2.45) is 5.92 Å².